The van der Waals surface area contributed by atoms with Crippen LogP contribution in [-0.2, 0) is 0 Å². The average Bonchev–Trinajstić information content (AvgIpc) is 1.50. The van der Waals surface area contributed by atoms with Gasteiger partial charge >= 0.3 is 0 Å². The van der Waals surface area contributed by atoms with E-state index in [0.717, 1.165) is 133 Å². The molecule has 0 N–H and O–H groups in total. The maximum absolute atomic E-state index is 10.8. The first-order valence-corrected chi connectivity index (χ1v) is 32.5. The molecule has 454 valence electrons. The molecule has 0 atom stereocenters. The van der Waals surface area contributed by atoms with Gasteiger partial charge in [-0.25, -0.2) is 15.0 Å². The zero-order valence-corrected chi connectivity index (χ0v) is 52.8. The standard InChI is InChI=1S/C90H54N8/c91-55-58-19-17-30-63(47-58)64-31-18-32-71(48-64)88-94-89(80-53-69(74-33-15-13-28-72(74)56-92)39-45-86(80)97-82-41-35-65(59-20-5-1-6-21-59)49-76(82)77-50-66(36-42-83(77)97)60-22-7-2-8-23-60)96-90(95-88)81-54-70(75-34-16-14-29-73(75)57-93)40-46-87(81)98-84-43-37-67(61-24-9-3-10-25-61)51-78(84)79-52-68(38-44-85(79)98)62-26-11-4-12-27-62/h1-54H. The Morgan fingerprint density at radius 1 is 0.214 bits per heavy atom. The summed E-state index contributed by atoms with van der Waals surface area (Å²) in [4.78, 5) is 17.1. The first-order chi connectivity index (χ1) is 48.4. The van der Waals surface area contributed by atoms with Crippen LogP contribution >= 0.6 is 0 Å². The summed E-state index contributed by atoms with van der Waals surface area (Å²) in [7, 11) is 0. The van der Waals surface area contributed by atoms with Crippen molar-refractivity contribution in [2.24, 2.45) is 0 Å². The summed E-state index contributed by atoms with van der Waals surface area (Å²) >= 11 is 0. The highest BCUT2D eigenvalue weighted by Crippen LogP contribution is 2.45. The Balaban J connectivity index is 0.979. The van der Waals surface area contributed by atoms with E-state index in [1.165, 1.54) is 0 Å². The fourth-order valence-corrected chi connectivity index (χ4v) is 14.0. The fourth-order valence-electron chi connectivity index (χ4n) is 14.0. The lowest BCUT2D eigenvalue weighted by molar-refractivity contribution is 1.06. The van der Waals surface area contributed by atoms with Gasteiger partial charge in [0.25, 0.3) is 0 Å². The molecule has 3 aromatic heterocycles. The Morgan fingerprint density at radius 2 is 0.531 bits per heavy atom. The van der Waals surface area contributed by atoms with E-state index < -0.39 is 0 Å². The lowest BCUT2D eigenvalue weighted by Crippen LogP contribution is -2.06. The summed E-state index contributed by atoms with van der Waals surface area (Å²) in [6.45, 7) is 0. The van der Waals surface area contributed by atoms with Gasteiger partial charge in [0, 0.05) is 38.2 Å². The van der Waals surface area contributed by atoms with Gasteiger partial charge < -0.3 is 9.13 Å². The zero-order chi connectivity index (χ0) is 65.6. The van der Waals surface area contributed by atoms with E-state index in [-0.39, 0.29) is 0 Å². The van der Waals surface area contributed by atoms with Crippen molar-refractivity contribution in [3.8, 4) is 142 Å². The summed E-state index contributed by atoms with van der Waals surface area (Å²) in [5, 5.41) is 35.9. The number of rotatable bonds is 12. The lowest BCUT2D eigenvalue weighted by atomic mass is 9.96. The van der Waals surface area contributed by atoms with Gasteiger partial charge in [-0.1, -0.05) is 224 Å². The Bertz CT molecular complexity index is 5630. The van der Waals surface area contributed by atoms with E-state index in [2.05, 4.69) is 240 Å². The minimum Gasteiger partial charge on any atom is -0.308 e. The molecule has 0 aliphatic carbocycles. The van der Waals surface area contributed by atoms with Crippen LogP contribution in [0.4, 0.5) is 0 Å². The molecule has 0 saturated heterocycles. The first kappa shape index (κ1) is 58.0. The number of benzene rings is 14. The van der Waals surface area contributed by atoms with Gasteiger partial charge in [-0.05, 0) is 181 Å². The van der Waals surface area contributed by atoms with Gasteiger partial charge in [-0.2, -0.15) is 15.8 Å². The van der Waals surface area contributed by atoms with Crippen LogP contribution in [0.1, 0.15) is 16.7 Å². The molecule has 0 aliphatic rings. The van der Waals surface area contributed by atoms with Crippen molar-refractivity contribution in [1.82, 2.24) is 24.1 Å². The van der Waals surface area contributed by atoms with Crippen molar-refractivity contribution in [1.29, 1.82) is 15.8 Å². The van der Waals surface area contributed by atoms with E-state index >= 15 is 0 Å². The van der Waals surface area contributed by atoms with Crippen LogP contribution in [0.25, 0.3) is 167 Å². The van der Waals surface area contributed by atoms with E-state index in [0.29, 0.717) is 50.9 Å². The molecule has 0 saturated carbocycles. The first-order valence-electron chi connectivity index (χ1n) is 32.5. The van der Waals surface area contributed by atoms with Crippen molar-refractivity contribution in [2.75, 3.05) is 0 Å². The monoisotopic (exact) mass is 1250 g/mol. The third kappa shape index (κ3) is 10.4. The molecule has 98 heavy (non-hydrogen) atoms. The summed E-state index contributed by atoms with van der Waals surface area (Å²) in [5.74, 6) is 1.15. The van der Waals surface area contributed by atoms with Crippen molar-refractivity contribution >= 4 is 43.6 Å². The predicted molar refractivity (Wildman–Crippen MR) is 397 cm³/mol. The molecule has 0 fully saturated rings. The fraction of sp³-hybridized carbons (Fsp3) is 0. The topological polar surface area (TPSA) is 120 Å². The minimum absolute atomic E-state index is 0.376. The van der Waals surface area contributed by atoms with Crippen LogP contribution in [0.5, 0.6) is 0 Å². The molecule has 0 aliphatic heterocycles. The Morgan fingerprint density at radius 3 is 0.918 bits per heavy atom. The molecule has 0 amide bonds. The van der Waals surface area contributed by atoms with Crippen molar-refractivity contribution in [2.45, 2.75) is 0 Å². The van der Waals surface area contributed by atoms with E-state index in [1.54, 1.807) is 0 Å². The molecule has 3 heterocycles. The molecule has 14 aromatic carbocycles. The molecule has 17 rings (SSSR count). The number of aromatic nitrogens is 5. The van der Waals surface area contributed by atoms with Crippen molar-refractivity contribution in [3.05, 3.63) is 344 Å². The summed E-state index contributed by atoms with van der Waals surface area (Å²) < 4.78 is 4.65. The molecule has 8 heteroatoms. The molecule has 17 aromatic rings. The highest BCUT2D eigenvalue weighted by molar-refractivity contribution is 6.14. The predicted octanol–water partition coefficient (Wildman–Crippen LogP) is 22.4. The van der Waals surface area contributed by atoms with Crippen LogP contribution < -0.4 is 0 Å². The average molecular weight is 1250 g/mol. The third-order valence-corrected chi connectivity index (χ3v) is 18.7. The van der Waals surface area contributed by atoms with Gasteiger partial charge in [0.05, 0.1) is 68.3 Å². The number of nitriles is 3. The largest absolute Gasteiger partial charge is 0.308 e. The SMILES string of the molecule is N#Cc1cccc(-c2cccc(-c3nc(-c4cc(-c5ccccc5C#N)ccc4-n4c5ccc(-c6ccccc6)cc5c5cc(-c6ccccc6)ccc54)nc(-c4cc(-c5ccccc5C#N)ccc4-n4c5ccc(-c6ccccc6)cc5c5cc(-c6ccccc6)ccc54)n3)c2)c1. The quantitative estimate of drug-likeness (QED) is 0.120. The molecular weight excluding hydrogens is 1190 g/mol. The van der Waals surface area contributed by atoms with Gasteiger partial charge in [0.15, 0.2) is 17.5 Å². The van der Waals surface area contributed by atoms with Crippen molar-refractivity contribution < 1.29 is 0 Å². The Labute approximate surface area is 566 Å². The minimum atomic E-state index is 0.376. The number of nitrogens with zero attached hydrogens (tertiary/aromatic N) is 8. The summed E-state index contributed by atoms with van der Waals surface area (Å²) in [6, 6.07) is 120. The number of fused-ring (bicyclic) bond motifs is 6. The maximum Gasteiger partial charge on any atom is 0.166 e. The molecule has 8 nitrogen and oxygen atoms in total. The second-order valence-electron chi connectivity index (χ2n) is 24.4. The van der Waals surface area contributed by atoms with Gasteiger partial charge in [0.1, 0.15) is 0 Å². The smallest absolute Gasteiger partial charge is 0.166 e. The van der Waals surface area contributed by atoms with Crippen molar-refractivity contribution in [3.63, 3.8) is 0 Å². The normalized spacial score (nSPS) is 11.2. The highest BCUT2D eigenvalue weighted by atomic mass is 15.1. The molecule has 0 bridgehead atoms. The van der Waals surface area contributed by atoms with Gasteiger partial charge in [-0.15, -0.1) is 0 Å². The van der Waals surface area contributed by atoms with Crippen LogP contribution in [0.3, 0.4) is 0 Å². The van der Waals surface area contributed by atoms with E-state index in [4.69, 9.17) is 15.0 Å². The second-order valence-corrected chi connectivity index (χ2v) is 24.4. The van der Waals surface area contributed by atoms with Crippen LogP contribution in [-0.4, -0.2) is 24.1 Å². The highest BCUT2D eigenvalue weighted by Gasteiger charge is 2.26. The molecular formula is C90H54N8. The number of hydrogen-bond acceptors (Lipinski definition) is 6. The van der Waals surface area contributed by atoms with Gasteiger partial charge in [-0.3, -0.25) is 0 Å². The van der Waals surface area contributed by atoms with E-state index in [1.807, 2.05) is 115 Å². The van der Waals surface area contributed by atoms with E-state index in [9.17, 15) is 15.8 Å². The third-order valence-electron chi connectivity index (χ3n) is 18.7. The van der Waals surface area contributed by atoms with Gasteiger partial charge in [0.2, 0.25) is 0 Å². The summed E-state index contributed by atoms with van der Waals surface area (Å²) in [6.07, 6.45) is 0. The summed E-state index contributed by atoms with van der Waals surface area (Å²) in [5.41, 5.74) is 22.8. The Hall–Kier alpha value is -13.8. The molecule has 0 radical (unpaired) electrons. The molecule has 0 unspecified atom stereocenters. The number of hydrogen-bond donors (Lipinski definition) is 0. The maximum atomic E-state index is 10.8. The van der Waals surface area contributed by atoms with Crippen LogP contribution in [0.2, 0.25) is 0 Å². The van der Waals surface area contributed by atoms with Crippen LogP contribution in [0, 0.1) is 34.0 Å². The second kappa shape index (κ2) is 24.6. The van der Waals surface area contributed by atoms with Crippen LogP contribution in [0.15, 0.2) is 328 Å². The Kier molecular flexibility index (Phi) is 14.5. The molecule has 0 spiro atoms. The lowest BCUT2D eigenvalue weighted by Gasteiger charge is -2.19. The zero-order valence-electron chi connectivity index (χ0n) is 52.8.